The Morgan fingerprint density at radius 2 is 2.24 bits per heavy atom. The van der Waals surface area contributed by atoms with Gasteiger partial charge in [0.2, 0.25) is 0 Å². The molecule has 0 spiro atoms. The minimum Gasteiger partial charge on any atom is -0.379 e. The van der Waals surface area contributed by atoms with E-state index in [1.807, 2.05) is 12.1 Å². The molecule has 0 saturated carbocycles. The van der Waals surface area contributed by atoms with Crippen molar-refractivity contribution in [3.8, 4) is 0 Å². The highest BCUT2D eigenvalue weighted by molar-refractivity contribution is 5.47. The molecule has 0 atom stereocenters. The average molecular weight is 234 g/mol. The fraction of sp³-hybridized carbons (Fsp3) is 0.500. The van der Waals surface area contributed by atoms with E-state index in [1.54, 1.807) is 6.20 Å². The van der Waals surface area contributed by atoms with Crippen LogP contribution in [0.5, 0.6) is 0 Å². The molecule has 0 aliphatic carbocycles. The molecule has 1 N–H and O–H groups in total. The fourth-order valence-electron chi connectivity index (χ4n) is 1.75. The lowest BCUT2D eigenvalue weighted by Crippen LogP contribution is -2.39. The maximum atomic E-state index is 5.30. The van der Waals surface area contributed by atoms with Crippen molar-refractivity contribution in [2.45, 2.75) is 0 Å². The molecule has 5 heteroatoms. The lowest BCUT2D eigenvalue weighted by molar-refractivity contribution is 0.0398. The van der Waals surface area contributed by atoms with E-state index in [9.17, 15) is 0 Å². The highest BCUT2D eigenvalue weighted by Gasteiger charge is 2.08. The monoisotopic (exact) mass is 234 g/mol. The standard InChI is InChI=1S/C12H18N4O/c1-13-11-2-3-12(15-10-11)14-4-5-16-6-8-17-9-7-16/h2-3,10H,1,4-9H2,(H,14,15). The summed E-state index contributed by atoms with van der Waals surface area (Å²) in [5.41, 5.74) is 0.795. The van der Waals surface area contributed by atoms with Gasteiger partial charge < -0.3 is 10.1 Å². The van der Waals surface area contributed by atoms with Crippen LogP contribution < -0.4 is 5.32 Å². The molecule has 1 fully saturated rings. The Labute approximate surface area is 102 Å². The molecule has 5 nitrogen and oxygen atoms in total. The normalized spacial score (nSPS) is 16.7. The molecule has 2 rings (SSSR count). The zero-order chi connectivity index (χ0) is 11.9. The summed E-state index contributed by atoms with van der Waals surface area (Å²) < 4.78 is 5.30. The molecule has 92 valence electrons. The molecule has 17 heavy (non-hydrogen) atoms. The van der Waals surface area contributed by atoms with Gasteiger partial charge in [0.05, 0.1) is 25.1 Å². The van der Waals surface area contributed by atoms with Gasteiger partial charge in [-0.2, -0.15) is 0 Å². The Morgan fingerprint density at radius 1 is 1.41 bits per heavy atom. The Kier molecular flexibility index (Phi) is 4.46. The van der Waals surface area contributed by atoms with E-state index in [0.29, 0.717) is 0 Å². The summed E-state index contributed by atoms with van der Waals surface area (Å²) in [6, 6.07) is 3.82. The van der Waals surface area contributed by atoms with Crippen LogP contribution >= 0.6 is 0 Å². The van der Waals surface area contributed by atoms with E-state index >= 15 is 0 Å². The van der Waals surface area contributed by atoms with Gasteiger partial charge in [-0.25, -0.2) is 4.98 Å². The van der Waals surface area contributed by atoms with Crippen LogP contribution in [0.25, 0.3) is 0 Å². The summed E-state index contributed by atoms with van der Waals surface area (Å²) in [5, 5.41) is 3.29. The van der Waals surface area contributed by atoms with Gasteiger partial charge in [0.1, 0.15) is 5.82 Å². The van der Waals surface area contributed by atoms with Crippen LogP contribution in [0.3, 0.4) is 0 Å². The molecule has 0 aromatic carbocycles. The first-order valence-electron chi connectivity index (χ1n) is 5.85. The molecule has 0 unspecified atom stereocenters. The summed E-state index contributed by atoms with van der Waals surface area (Å²) in [5.74, 6) is 0.880. The van der Waals surface area contributed by atoms with Crippen LogP contribution in [0.2, 0.25) is 0 Å². The van der Waals surface area contributed by atoms with E-state index in [0.717, 1.165) is 50.9 Å². The Hall–Kier alpha value is -1.46. The topological polar surface area (TPSA) is 49.8 Å². The smallest absolute Gasteiger partial charge is 0.126 e. The van der Waals surface area contributed by atoms with Gasteiger partial charge in [-0.1, -0.05) is 0 Å². The number of rotatable bonds is 5. The third-order valence-electron chi connectivity index (χ3n) is 2.77. The third-order valence-corrected chi connectivity index (χ3v) is 2.77. The SMILES string of the molecule is C=Nc1ccc(NCCN2CCOCC2)nc1. The van der Waals surface area contributed by atoms with Gasteiger partial charge in [-0.15, -0.1) is 0 Å². The Morgan fingerprint density at radius 3 is 2.88 bits per heavy atom. The van der Waals surface area contributed by atoms with E-state index in [2.05, 4.69) is 26.9 Å². The zero-order valence-corrected chi connectivity index (χ0v) is 9.93. The number of aromatic nitrogens is 1. The van der Waals surface area contributed by atoms with Crippen LogP contribution in [-0.2, 0) is 4.74 Å². The molecule has 2 heterocycles. The Bertz CT molecular complexity index is 346. The number of ether oxygens (including phenoxy) is 1. The molecule has 1 aliphatic rings. The zero-order valence-electron chi connectivity index (χ0n) is 9.93. The van der Waals surface area contributed by atoms with Crippen LogP contribution in [0.4, 0.5) is 11.5 Å². The Balaban J connectivity index is 1.71. The van der Waals surface area contributed by atoms with Crippen molar-refractivity contribution >= 4 is 18.2 Å². The number of anilines is 1. The highest BCUT2D eigenvalue weighted by Crippen LogP contribution is 2.11. The second kappa shape index (κ2) is 6.32. The van der Waals surface area contributed by atoms with Crippen molar-refractivity contribution in [1.82, 2.24) is 9.88 Å². The highest BCUT2D eigenvalue weighted by atomic mass is 16.5. The number of pyridine rings is 1. The summed E-state index contributed by atoms with van der Waals surface area (Å²) in [6.45, 7) is 9.11. The third kappa shape index (κ3) is 3.80. The maximum Gasteiger partial charge on any atom is 0.126 e. The minimum atomic E-state index is 0.795. The second-order valence-corrected chi connectivity index (χ2v) is 3.94. The number of aliphatic imine (C=N–C) groups is 1. The largest absolute Gasteiger partial charge is 0.379 e. The number of hydrogen-bond donors (Lipinski definition) is 1. The van der Waals surface area contributed by atoms with Crippen molar-refractivity contribution in [3.63, 3.8) is 0 Å². The predicted octanol–water partition coefficient (Wildman–Crippen LogP) is 1.16. The van der Waals surface area contributed by atoms with Crippen LogP contribution in [0.15, 0.2) is 23.3 Å². The second-order valence-electron chi connectivity index (χ2n) is 3.94. The molecule has 1 aliphatic heterocycles. The molecule has 1 aromatic rings. The van der Waals surface area contributed by atoms with Gasteiger partial charge in [0, 0.05) is 26.2 Å². The summed E-state index contributed by atoms with van der Waals surface area (Å²) >= 11 is 0. The van der Waals surface area contributed by atoms with E-state index in [-0.39, 0.29) is 0 Å². The van der Waals surface area contributed by atoms with Gasteiger partial charge in [-0.3, -0.25) is 9.89 Å². The maximum absolute atomic E-state index is 5.30. The number of nitrogens with one attached hydrogen (secondary N) is 1. The number of hydrogen-bond acceptors (Lipinski definition) is 5. The van der Waals surface area contributed by atoms with E-state index in [4.69, 9.17) is 4.74 Å². The summed E-state index contributed by atoms with van der Waals surface area (Å²) in [6.07, 6.45) is 1.71. The van der Waals surface area contributed by atoms with Gasteiger partial charge >= 0.3 is 0 Å². The first kappa shape index (κ1) is 12.0. The molecule has 1 aromatic heterocycles. The van der Waals surface area contributed by atoms with Crippen molar-refractivity contribution in [2.24, 2.45) is 4.99 Å². The van der Waals surface area contributed by atoms with E-state index in [1.165, 1.54) is 0 Å². The van der Waals surface area contributed by atoms with Crippen LogP contribution in [0, 0.1) is 0 Å². The van der Waals surface area contributed by atoms with Crippen LogP contribution in [-0.4, -0.2) is 56.0 Å². The predicted molar refractivity (Wildman–Crippen MR) is 69.2 cm³/mol. The van der Waals surface area contributed by atoms with Crippen molar-refractivity contribution < 1.29 is 4.74 Å². The van der Waals surface area contributed by atoms with Crippen molar-refractivity contribution in [1.29, 1.82) is 0 Å². The minimum absolute atomic E-state index is 0.795. The molecule has 0 bridgehead atoms. The lowest BCUT2D eigenvalue weighted by Gasteiger charge is -2.26. The van der Waals surface area contributed by atoms with Crippen molar-refractivity contribution in [3.05, 3.63) is 18.3 Å². The first-order chi connectivity index (χ1) is 8.38. The van der Waals surface area contributed by atoms with E-state index < -0.39 is 0 Å². The fourth-order valence-corrected chi connectivity index (χ4v) is 1.75. The van der Waals surface area contributed by atoms with Crippen LogP contribution in [0.1, 0.15) is 0 Å². The molecule has 0 radical (unpaired) electrons. The lowest BCUT2D eigenvalue weighted by atomic mass is 10.4. The molecule has 1 saturated heterocycles. The number of nitrogens with zero attached hydrogens (tertiary/aromatic N) is 3. The summed E-state index contributed by atoms with van der Waals surface area (Å²) in [4.78, 5) is 10.4. The van der Waals surface area contributed by atoms with Gasteiger partial charge in [-0.05, 0) is 18.9 Å². The molecular formula is C12H18N4O. The van der Waals surface area contributed by atoms with Gasteiger partial charge in [0.15, 0.2) is 0 Å². The summed E-state index contributed by atoms with van der Waals surface area (Å²) in [7, 11) is 0. The quantitative estimate of drug-likeness (QED) is 0.777. The van der Waals surface area contributed by atoms with Crippen molar-refractivity contribution in [2.75, 3.05) is 44.7 Å². The van der Waals surface area contributed by atoms with Gasteiger partial charge in [0.25, 0.3) is 0 Å². The molecule has 0 amide bonds. The first-order valence-corrected chi connectivity index (χ1v) is 5.85. The average Bonchev–Trinajstić information content (AvgIpc) is 2.41. The molecular weight excluding hydrogens is 216 g/mol. The number of morpholine rings is 1.